The molecule has 5 heteroatoms. The average molecular weight is 295 g/mol. The largest absolute Gasteiger partial charge is 0.439 e. The van der Waals surface area contributed by atoms with Crippen molar-refractivity contribution in [2.75, 3.05) is 0 Å². The van der Waals surface area contributed by atoms with E-state index in [9.17, 15) is 13.2 Å². The standard InChI is InChI=1S/C15H12F3NS/c1-11-7-9-13(10-8-11)20-14(15(16,17)18)19-12-5-3-2-4-6-12/h2-10H,1H3. The van der Waals surface area contributed by atoms with Crippen LogP contribution in [0.2, 0.25) is 0 Å². The molecule has 0 heterocycles. The minimum atomic E-state index is -4.47. The summed E-state index contributed by atoms with van der Waals surface area (Å²) in [6.07, 6.45) is -4.47. The first-order chi connectivity index (χ1) is 9.45. The number of para-hydroxylation sites is 1. The molecule has 0 amide bonds. The number of benzene rings is 2. The number of halogens is 3. The summed E-state index contributed by atoms with van der Waals surface area (Å²) in [7, 11) is 0. The van der Waals surface area contributed by atoms with Gasteiger partial charge in [0.15, 0.2) is 5.04 Å². The number of aryl methyl sites for hydroxylation is 1. The minimum Gasteiger partial charge on any atom is -0.237 e. The van der Waals surface area contributed by atoms with Crippen molar-refractivity contribution in [3.05, 3.63) is 60.2 Å². The highest BCUT2D eigenvalue weighted by atomic mass is 32.2. The summed E-state index contributed by atoms with van der Waals surface area (Å²) >= 11 is 0.624. The first kappa shape index (κ1) is 14.7. The average Bonchev–Trinajstić information content (AvgIpc) is 2.40. The van der Waals surface area contributed by atoms with Crippen LogP contribution in [0.1, 0.15) is 5.56 Å². The zero-order chi connectivity index (χ0) is 14.6. The zero-order valence-corrected chi connectivity index (χ0v) is 11.5. The Kier molecular flexibility index (Phi) is 4.49. The van der Waals surface area contributed by atoms with Crippen LogP contribution in [0.3, 0.4) is 0 Å². The molecule has 0 fully saturated rings. The highest BCUT2D eigenvalue weighted by Gasteiger charge is 2.36. The third-order valence-corrected chi connectivity index (χ3v) is 3.49. The molecular formula is C15H12F3NS. The Bertz CT molecular complexity index is 589. The second kappa shape index (κ2) is 6.13. The van der Waals surface area contributed by atoms with Crippen LogP contribution in [0.15, 0.2) is 64.5 Å². The van der Waals surface area contributed by atoms with Gasteiger partial charge in [-0.1, -0.05) is 47.7 Å². The molecule has 1 nitrogen and oxygen atoms in total. The van der Waals surface area contributed by atoms with E-state index in [1.54, 1.807) is 54.6 Å². The zero-order valence-electron chi connectivity index (χ0n) is 10.7. The molecule has 0 aliphatic heterocycles. The molecule has 0 N–H and O–H groups in total. The van der Waals surface area contributed by atoms with Gasteiger partial charge in [0.05, 0.1) is 5.69 Å². The fourth-order valence-corrected chi connectivity index (χ4v) is 2.24. The summed E-state index contributed by atoms with van der Waals surface area (Å²) in [6, 6.07) is 15.0. The van der Waals surface area contributed by atoms with Crippen molar-refractivity contribution in [3.63, 3.8) is 0 Å². The van der Waals surface area contributed by atoms with E-state index in [0.717, 1.165) is 5.56 Å². The van der Waals surface area contributed by atoms with E-state index < -0.39 is 11.2 Å². The molecule has 20 heavy (non-hydrogen) atoms. The predicted octanol–water partition coefficient (Wildman–Crippen LogP) is 5.38. The maximum Gasteiger partial charge on any atom is 0.439 e. The Morgan fingerprint density at radius 3 is 2.10 bits per heavy atom. The SMILES string of the molecule is Cc1ccc(SC(=Nc2ccccc2)C(F)(F)F)cc1. The van der Waals surface area contributed by atoms with Gasteiger partial charge in [-0.05, 0) is 31.2 Å². The van der Waals surface area contributed by atoms with Crippen LogP contribution in [-0.4, -0.2) is 11.2 Å². The van der Waals surface area contributed by atoms with Gasteiger partial charge in [-0.15, -0.1) is 0 Å². The molecule has 0 bridgehead atoms. The highest BCUT2D eigenvalue weighted by Crippen LogP contribution is 2.32. The third-order valence-electron chi connectivity index (χ3n) is 2.46. The van der Waals surface area contributed by atoms with Gasteiger partial charge in [0, 0.05) is 4.90 Å². The molecule has 0 saturated carbocycles. The molecular weight excluding hydrogens is 283 g/mol. The summed E-state index contributed by atoms with van der Waals surface area (Å²) in [6.45, 7) is 1.89. The van der Waals surface area contributed by atoms with Gasteiger partial charge in [-0.25, -0.2) is 4.99 Å². The molecule has 0 radical (unpaired) electrons. The Morgan fingerprint density at radius 1 is 0.950 bits per heavy atom. The fourth-order valence-electron chi connectivity index (χ4n) is 1.48. The smallest absolute Gasteiger partial charge is 0.237 e. The molecule has 0 aromatic heterocycles. The number of nitrogens with zero attached hydrogens (tertiary/aromatic N) is 1. The molecule has 2 rings (SSSR count). The summed E-state index contributed by atoms with van der Waals surface area (Å²) < 4.78 is 39.1. The Balaban J connectivity index is 2.29. The van der Waals surface area contributed by atoms with Crippen molar-refractivity contribution in [1.82, 2.24) is 0 Å². The lowest BCUT2D eigenvalue weighted by atomic mass is 10.2. The number of rotatable bonds is 2. The summed E-state index contributed by atoms with van der Waals surface area (Å²) in [5, 5.41) is -0.868. The van der Waals surface area contributed by atoms with Gasteiger partial charge in [0.2, 0.25) is 0 Å². The molecule has 0 unspecified atom stereocenters. The highest BCUT2D eigenvalue weighted by molar-refractivity contribution is 8.14. The van der Waals surface area contributed by atoms with Crippen molar-refractivity contribution in [1.29, 1.82) is 0 Å². The van der Waals surface area contributed by atoms with Crippen molar-refractivity contribution in [3.8, 4) is 0 Å². The van der Waals surface area contributed by atoms with Crippen molar-refractivity contribution in [2.45, 2.75) is 18.0 Å². The molecule has 0 saturated heterocycles. The Morgan fingerprint density at radius 2 is 1.55 bits per heavy atom. The van der Waals surface area contributed by atoms with Gasteiger partial charge in [-0.2, -0.15) is 13.2 Å². The lowest BCUT2D eigenvalue weighted by Crippen LogP contribution is -2.19. The first-order valence-electron chi connectivity index (χ1n) is 5.90. The van der Waals surface area contributed by atoms with Crippen molar-refractivity contribution in [2.24, 2.45) is 4.99 Å². The summed E-state index contributed by atoms with van der Waals surface area (Å²) in [5.74, 6) is 0. The van der Waals surface area contributed by atoms with Crippen LogP contribution in [0, 0.1) is 6.92 Å². The van der Waals surface area contributed by atoms with Crippen LogP contribution < -0.4 is 0 Å². The van der Waals surface area contributed by atoms with Gasteiger partial charge in [0.1, 0.15) is 0 Å². The van der Waals surface area contributed by atoms with Crippen molar-refractivity contribution >= 4 is 22.5 Å². The molecule has 104 valence electrons. The number of aliphatic imine (C=N–C) groups is 1. The monoisotopic (exact) mass is 295 g/mol. The summed E-state index contributed by atoms with van der Waals surface area (Å²) in [5.41, 5.74) is 1.29. The first-order valence-corrected chi connectivity index (χ1v) is 6.72. The van der Waals surface area contributed by atoms with E-state index in [0.29, 0.717) is 22.3 Å². The van der Waals surface area contributed by atoms with E-state index in [-0.39, 0.29) is 0 Å². The Labute approximate surface area is 119 Å². The van der Waals surface area contributed by atoms with Crippen LogP contribution in [0.4, 0.5) is 18.9 Å². The summed E-state index contributed by atoms with van der Waals surface area (Å²) in [4.78, 5) is 4.22. The normalized spacial score (nSPS) is 12.5. The molecule has 0 spiro atoms. The van der Waals surface area contributed by atoms with Gasteiger partial charge in [-0.3, -0.25) is 0 Å². The van der Waals surface area contributed by atoms with Crippen molar-refractivity contribution < 1.29 is 13.2 Å². The molecule has 0 atom stereocenters. The lowest BCUT2D eigenvalue weighted by molar-refractivity contribution is -0.0553. The van der Waals surface area contributed by atoms with Crippen LogP contribution >= 0.6 is 11.8 Å². The molecule has 2 aromatic carbocycles. The molecule has 2 aromatic rings. The van der Waals surface area contributed by atoms with Gasteiger partial charge < -0.3 is 0 Å². The Hall–Kier alpha value is -1.75. The lowest BCUT2D eigenvalue weighted by Gasteiger charge is -2.10. The second-order valence-corrected chi connectivity index (χ2v) is 5.23. The maximum atomic E-state index is 13.0. The van der Waals surface area contributed by atoms with E-state index >= 15 is 0 Å². The van der Waals surface area contributed by atoms with E-state index in [4.69, 9.17) is 0 Å². The van der Waals surface area contributed by atoms with E-state index in [1.807, 2.05) is 6.92 Å². The number of hydrogen-bond acceptors (Lipinski definition) is 2. The van der Waals surface area contributed by atoms with Gasteiger partial charge in [0.25, 0.3) is 0 Å². The fraction of sp³-hybridized carbons (Fsp3) is 0.133. The van der Waals surface area contributed by atoms with Crippen LogP contribution in [0.5, 0.6) is 0 Å². The van der Waals surface area contributed by atoms with E-state index in [1.165, 1.54) is 0 Å². The predicted molar refractivity (Wildman–Crippen MR) is 76.6 cm³/mol. The topological polar surface area (TPSA) is 12.4 Å². The number of thioether (sulfide) groups is 1. The minimum absolute atomic E-state index is 0.291. The maximum absolute atomic E-state index is 13.0. The second-order valence-electron chi connectivity index (χ2n) is 4.17. The molecule has 0 aliphatic carbocycles. The number of hydrogen-bond donors (Lipinski definition) is 0. The van der Waals surface area contributed by atoms with E-state index in [2.05, 4.69) is 4.99 Å². The van der Waals surface area contributed by atoms with Crippen LogP contribution in [0.25, 0.3) is 0 Å². The number of alkyl halides is 3. The molecule has 0 aliphatic rings. The van der Waals surface area contributed by atoms with Gasteiger partial charge >= 0.3 is 6.18 Å². The van der Waals surface area contributed by atoms with Crippen LogP contribution in [-0.2, 0) is 0 Å². The quantitative estimate of drug-likeness (QED) is 0.411. The third kappa shape index (κ3) is 4.13.